The normalized spacial score (nSPS) is 11.6. The number of rotatable bonds is 1. The van der Waals surface area contributed by atoms with Crippen LogP contribution in [0.1, 0.15) is 28.4 Å². The lowest BCUT2D eigenvalue weighted by Crippen LogP contribution is -2.10. The summed E-state index contributed by atoms with van der Waals surface area (Å²) in [5.41, 5.74) is -1.74. The maximum Gasteiger partial charge on any atom is 0.416 e. The van der Waals surface area contributed by atoms with Crippen LogP contribution in [0.15, 0.2) is 12.1 Å². The smallest absolute Gasteiger partial charge is 0.294 e. The van der Waals surface area contributed by atoms with Gasteiger partial charge in [0.1, 0.15) is 5.82 Å². The molecule has 0 heterocycles. The molecule has 0 spiro atoms. The Kier molecular flexibility index (Phi) is 2.83. The van der Waals surface area contributed by atoms with Crippen molar-refractivity contribution in [3.63, 3.8) is 0 Å². The average molecular weight is 220 g/mol. The SMILES string of the molecule is CC(=O)c1cc(C(F)(F)F)c(C)cc1F. The molecule has 0 amide bonds. The Labute approximate surface area is 83.7 Å². The third kappa shape index (κ3) is 2.34. The van der Waals surface area contributed by atoms with E-state index in [0.29, 0.717) is 6.07 Å². The number of halogens is 4. The summed E-state index contributed by atoms with van der Waals surface area (Å²) in [6.07, 6.45) is -4.57. The van der Waals surface area contributed by atoms with Gasteiger partial charge in [-0.3, -0.25) is 4.79 Å². The van der Waals surface area contributed by atoms with Crippen molar-refractivity contribution in [3.05, 3.63) is 34.6 Å². The van der Waals surface area contributed by atoms with E-state index in [1.54, 1.807) is 0 Å². The number of carbonyl (C=O) groups excluding carboxylic acids is 1. The molecule has 0 fully saturated rings. The first-order valence-corrected chi connectivity index (χ1v) is 4.11. The lowest BCUT2D eigenvalue weighted by Gasteiger charge is -2.11. The third-order valence-electron chi connectivity index (χ3n) is 2.00. The molecule has 0 aliphatic heterocycles. The summed E-state index contributed by atoms with van der Waals surface area (Å²) >= 11 is 0. The minimum atomic E-state index is -4.57. The van der Waals surface area contributed by atoms with E-state index in [0.717, 1.165) is 19.9 Å². The van der Waals surface area contributed by atoms with E-state index in [1.807, 2.05) is 0 Å². The molecule has 1 aromatic rings. The van der Waals surface area contributed by atoms with Crippen LogP contribution >= 0.6 is 0 Å². The van der Waals surface area contributed by atoms with Gasteiger partial charge in [0.25, 0.3) is 0 Å². The van der Waals surface area contributed by atoms with Crippen molar-refractivity contribution >= 4 is 5.78 Å². The van der Waals surface area contributed by atoms with Crippen molar-refractivity contribution in [2.24, 2.45) is 0 Å². The van der Waals surface area contributed by atoms with Crippen LogP contribution < -0.4 is 0 Å². The van der Waals surface area contributed by atoms with E-state index in [4.69, 9.17) is 0 Å². The molecule has 0 aromatic heterocycles. The summed E-state index contributed by atoms with van der Waals surface area (Å²) in [5.74, 6) is -1.65. The van der Waals surface area contributed by atoms with Crippen LogP contribution in [0.4, 0.5) is 17.6 Å². The summed E-state index contributed by atoms with van der Waals surface area (Å²) in [6, 6.07) is 1.27. The molecule has 15 heavy (non-hydrogen) atoms. The van der Waals surface area contributed by atoms with Gasteiger partial charge in [-0.05, 0) is 31.5 Å². The van der Waals surface area contributed by atoms with Crippen LogP contribution in [-0.2, 0) is 6.18 Å². The summed E-state index contributed by atoms with van der Waals surface area (Å²) in [5, 5.41) is 0. The summed E-state index contributed by atoms with van der Waals surface area (Å²) < 4.78 is 50.3. The van der Waals surface area contributed by atoms with Crippen molar-refractivity contribution in [1.82, 2.24) is 0 Å². The second kappa shape index (κ2) is 3.64. The number of alkyl halides is 3. The highest BCUT2D eigenvalue weighted by Gasteiger charge is 2.33. The molecule has 0 aliphatic carbocycles. The van der Waals surface area contributed by atoms with Crippen LogP contribution in [0.3, 0.4) is 0 Å². The van der Waals surface area contributed by atoms with Gasteiger partial charge in [-0.25, -0.2) is 4.39 Å². The number of hydrogen-bond acceptors (Lipinski definition) is 1. The molecule has 0 saturated carbocycles. The number of aryl methyl sites for hydroxylation is 1. The zero-order chi connectivity index (χ0) is 11.8. The van der Waals surface area contributed by atoms with Crippen LogP contribution in [-0.4, -0.2) is 5.78 Å². The maximum absolute atomic E-state index is 13.1. The van der Waals surface area contributed by atoms with Crippen molar-refractivity contribution in [3.8, 4) is 0 Å². The largest absolute Gasteiger partial charge is 0.416 e. The molecule has 1 aromatic carbocycles. The highest BCUT2D eigenvalue weighted by molar-refractivity contribution is 5.94. The second-order valence-corrected chi connectivity index (χ2v) is 3.20. The molecule has 1 nitrogen and oxygen atoms in total. The Morgan fingerprint density at radius 3 is 2.20 bits per heavy atom. The van der Waals surface area contributed by atoms with E-state index in [2.05, 4.69) is 0 Å². The number of Topliss-reactive ketones (excluding diaryl/α,β-unsaturated/α-hetero) is 1. The maximum atomic E-state index is 13.1. The molecule has 82 valence electrons. The highest BCUT2D eigenvalue weighted by Crippen LogP contribution is 2.33. The Morgan fingerprint density at radius 2 is 1.80 bits per heavy atom. The Morgan fingerprint density at radius 1 is 1.27 bits per heavy atom. The summed E-state index contributed by atoms with van der Waals surface area (Å²) in [6.45, 7) is 2.17. The minimum absolute atomic E-state index is 0.231. The number of ketones is 1. The molecule has 0 atom stereocenters. The number of benzene rings is 1. The lowest BCUT2D eigenvalue weighted by molar-refractivity contribution is -0.138. The van der Waals surface area contributed by atoms with Gasteiger partial charge in [-0.1, -0.05) is 0 Å². The second-order valence-electron chi connectivity index (χ2n) is 3.20. The molecular weight excluding hydrogens is 212 g/mol. The predicted octanol–water partition coefficient (Wildman–Crippen LogP) is 3.36. The zero-order valence-corrected chi connectivity index (χ0v) is 8.07. The van der Waals surface area contributed by atoms with Gasteiger partial charge < -0.3 is 0 Å². The molecule has 0 aliphatic rings. The molecular formula is C10H8F4O. The van der Waals surface area contributed by atoms with E-state index in [9.17, 15) is 22.4 Å². The molecule has 0 saturated heterocycles. The van der Waals surface area contributed by atoms with Gasteiger partial charge in [-0.15, -0.1) is 0 Å². The van der Waals surface area contributed by atoms with E-state index in [1.165, 1.54) is 0 Å². The standard InChI is InChI=1S/C10H8F4O/c1-5-3-9(11)7(6(2)15)4-8(5)10(12,13)14/h3-4H,1-2H3. The molecule has 0 radical (unpaired) electrons. The summed E-state index contributed by atoms with van der Waals surface area (Å²) in [4.78, 5) is 10.8. The van der Waals surface area contributed by atoms with Crippen molar-refractivity contribution in [2.45, 2.75) is 20.0 Å². The number of carbonyl (C=O) groups is 1. The van der Waals surface area contributed by atoms with Crippen molar-refractivity contribution in [1.29, 1.82) is 0 Å². The van der Waals surface area contributed by atoms with Crippen LogP contribution in [0.25, 0.3) is 0 Å². The van der Waals surface area contributed by atoms with E-state index >= 15 is 0 Å². The van der Waals surface area contributed by atoms with Crippen LogP contribution in [0.2, 0.25) is 0 Å². The van der Waals surface area contributed by atoms with Gasteiger partial charge in [0, 0.05) is 0 Å². The molecule has 0 N–H and O–H groups in total. The van der Waals surface area contributed by atoms with E-state index in [-0.39, 0.29) is 5.56 Å². The predicted molar refractivity (Wildman–Crippen MR) is 46.1 cm³/mol. The van der Waals surface area contributed by atoms with Crippen LogP contribution in [0.5, 0.6) is 0 Å². The first-order chi connectivity index (χ1) is 6.73. The first kappa shape index (κ1) is 11.7. The Bertz CT molecular complexity index is 407. The third-order valence-corrected chi connectivity index (χ3v) is 2.00. The van der Waals surface area contributed by atoms with E-state index < -0.39 is 28.9 Å². The number of hydrogen-bond donors (Lipinski definition) is 0. The molecule has 0 unspecified atom stereocenters. The topological polar surface area (TPSA) is 17.1 Å². The fourth-order valence-electron chi connectivity index (χ4n) is 1.25. The van der Waals surface area contributed by atoms with Gasteiger partial charge in [-0.2, -0.15) is 13.2 Å². The lowest BCUT2D eigenvalue weighted by atomic mass is 10.0. The van der Waals surface area contributed by atoms with Crippen molar-refractivity contribution in [2.75, 3.05) is 0 Å². The Hall–Kier alpha value is -1.39. The zero-order valence-electron chi connectivity index (χ0n) is 8.07. The summed E-state index contributed by atoms with van der Waals surface area (Å²) in [7, 11) is 0. The molecule has 5 heteroatoms. The minimum Gasteiger partial charge on any atom is -0.294 e. The van der Waals surface area contributed by atoms with Gasteiger partial charge in [0.05, 0.1) is 11.1 Å². The fourth-order valence-corrected chi connectivity index (χ4v) is 1.25. The average Bonchev–Trinajstić information content (AvgIpc) is 2.00. The highest BCUT2D eigenvalue weighted by atomic mass is 19.4. The fraction of sp³-hybridized carbons (Fsp3) is 0.300. The Balaban J connectivity index is 3.43. The first-order valence-electron chi connectivity index (χ1n) is 4.11. The molecule has 0 bridgehead atoms. The molecule has 1 rings (SSSR count). The quantitative estimate of drug-likeness (QED) is 0.524. The van der Waals surface area contributed by atoms with Gasteiger partial charge in [0.15, 0.2) is 5.78 Å². The van der Waals surface area contributed by atoms with Gasteiger partial charge >= 0.3 is 6.18 Å². The van der Waals surface area contributed by atoms with Crippen LogP contribution in [0, 0.1) is 12.7 Å². The van der Waals surface area contributed by atoms with Crippen molar-refractivity contribution < 1.29 is 22.4 Å². The monoisotopic (exact) mass is 220 g/mol. The van der Waals surface area contributed by atoms with Gasteiger partial charge in [0.2, 0.25) is 0 Å².